The van der Waals surface area contributed by atoms with Gasteiger partial charge in [0.2, 0.25) is 0 Å². The standard InChI is InChI=1S/C18H25N/c1-15-13-19(14-16-7-6-8-16)12-11-18(15,2)17-9-4-3-5-10-17/h3-5,9-10,13,16H,6-8,11-12,14H2,1-2H3. The highest BCUT2D eigenvalue weighted by Gasteiger charge is 2.33. The molecule has 0 aromatic heterocycles. The molecule has 0 saturated heterocycles. The molecule has 1 saturated carbocycles. The number of benzene rings is 1. The van der Waals surface area contributed by atoms with Crippen LogP contribution in [0.25, 0.3) is 0 Å². The zero-order chi connectivity index (χ0) is 13.3. The monoisotopic (exact) mass is 255 g/mol. The zero-order valence-corrected chi connectivity index (χ0v) is 12.2. The Morgan fingerprint density at radius 3 is 2.53 bits per heavy atom. The highest BCUT2D eigenvalue weighted by molar-refractivity contribution is 5.35. The van der Waals surface area contributed by atoms with Gasteiger partial charge in [-0.1, -0.05) is 43.7 Å². The third-order valence-electron chi connectivity index (χ3n) is 5.27. The quantitative estimate of drug-likeness (QED) is 0.776. The summed E-state index contributed by atoms with van der Waals surface area (Å²) in [7, 11) is 0. The Labute approximate surface area is 117 Å². The molecule has 1 nitrogen and oxygen atoms in total. The van der Waals surface area contributed by atoms with Crippen LogP contribution in [-0.4, -0.2) is 18.0 Å². The van der Waals surface area contributed by atoms with Gasteiger partial charge in [-0.05, 0) is 49.4 Å². The fourth-order valence-corrected chi connectivity index (χ4v) is 3.37. The first-order valence-corrected chi connectivity index (χ1v) is 7.67. The molecule has 102 valence electrons. The smallest absolute Gasteiger partial charge is 0.0200 e. The number of rotatable bonds is 3. The highest BCUT2D eigenvalue weighted by Crippen LogP contribution is 2.39. The normalized spacial score (nSPS) is 27.9. The van der Waals surface area contributed by atoms with Crippen molar-refractivity contribution >= 4 is 0 Å². The van der Waals surface area contributed by atoms with E-state index in [2.05, 4.69) is 55.3 Å². The van der Waals surface area contributed by atoms with Crippen LogP contribution in [0.15, 0.2) is 42.1 Å². The fourth-order valence-electron chi connectivity index (χ4n) is 3.37. The molecule has 1 heterocycles. The lowest BCUT2D eigenvalue weighted by molar-refractivity contribution is 0.201. The minimum Gasteiger partial charge on any atom is -0.377 e. The molecular formula is C18H25N. The molecule has 0 amide bonds. The van der Waals surface area contributed by atoms with Crippen LogP contribution in [0.3, 0.4) is 0 Å². The van der Waals surface area contributed by atoms with Crippen LogP contribution in [0, 0.1) is 5.92 Å². The minimum absolute atomic E-state index is 0.234. The van der Waals surface area contributed by atoms with Crippen LogP contribution in [0.1, 0.15) is 45.1 Å². The van der Waals surface area contributed by atoms with E-state index >= 15 is 0 Å². The molecule has 2 aliphatic rings. The third kappa shape index (κ3) is 2.43. The second-order valence-electron chi connectivity index (χ2n) is 6.55. The molecule has 0 bridgehead atoms. The summed E-state index contributed by atoms with van der Waals surface area (Å²) in [6.07, 6.45) is 8.00. The van der Waals surface area contributed by atoms with Crippen molar-refractivity contribution in [2.24, 2.45) is 5.92 Å². The number of allylic oxidation sites excluding steroid dienone is 1. The maximum absolute atomic E-state index is 2.56. The van der Waals surface area contributed by atoms with Crippen molar-refractivity contribution in [1.29, 1.82) is 0 Å². The van der Waals surface area contributed by atoms with E-state index in [1.54, 1.807) is 0 Å². The molecule has 19 heavy (non-hydrogen) atoms. The van der Waals surface area contributed by atoms with Gasteiger partial charge in [-0.15, -0.1) is 0 Å². The van der Waals surface area contributed by atoms with E-state index in [1.165, 1.54) is 49.9 Å². The Morgan fingerprint density at radius 1 is 1.21 bits per heavy atom. The van der Waals surface area contributed by atoms with Gasteiger partial charge < -0.3 is 4.90 Å². The maximum Gasteiger partial charge on any atom is 0.0200 e. The van der Waals surface area contributed by atoms with Gasteiger partial charge in [0.05, 0.1) is 0 Å². The van der Waals surface area contributed by atoms with Crippen molar-refractivity contribution in [2.45, 2.75) is 44.9 Å². The number of hydrogen-bond acceptors (Lipinski definition) is 1. The van der Waals surface area contributed by atoms with Gasteiger partial charge in [-0.2, -0.15) is 0 Å². The molecule has 0 radical (unpaired) electrons. The Morgan fingerprint density at radius 2 is 1.95 bits per heavy atom. The van der Waals surface area contributed by atoms with Gasteiger partial charge in [0.25, 0.3) is 0 Å². The van der Waals surface area contributed by atoms with E-state index in [4.69, 9.17) is 0 Å². The van der Waals surface area contributed by atoms with E-state index in [9.17, 15) is 0 Å². The first-order chi connectivity index (χ1) is 9.18. The van der Waals surface area contributed by atoms with Crippen LogP contribution in [0.5, 0.6) is 0 Å². The van der Waals surface area contributed by atoms with Gasteiger partial charge in [0, 0.05) is 18.5 Å². The van der Waals surface area contributed by atoms with Gasteiger partial charge in [-0.3, -0.25) is 0 Å². The Balaban J connectivity index is 1.76. The van der Waals surface area contributed by atoms with E-state index < -0.39 is 0 Å². The van der Waals surface area contributed by atoms with Gasteiger partial charge in [0.15, 0.2) is 0 Å². The Hall–Kier alpha value is -1.24. The highest BCUT2D eigenvalue weighted by atomic mass is 15.1. The molecule has 1 aromatic rings. The largest absolute Gasteiger partial charge is 0.377 e. The fraction of sp³-hybridized carbons (Fsp3) is 0.556. The average molecular weight is 255 g/mol. The molecule has 1 heteroatoms. The van der Waals surface area contributed by atoms with Gasteiger partial charge in [0.1, 0.15) is 0 Å². The molecule has 0 spiro atoms. The van der Waals surface area contributed by atoms with Crippen LogP contribution in [0.2, 0.25) is 0 Å². The molecule has 1 aliphatic carbocycles. The molecule has 0 N–H and O–H groups in total. The van der Waals surface area contributed by atoms with E-state index in [-0.39, 0.29) is 5.41 Å². The lowest BCUT2D eigenvalue weighted by Gasteiger charge is -2.41. The van der Waals surface area contributed by atoms with Crippen molar-refractivity contribution in [1.82, 2.24) is 4.90 Å². The topological polar surface area (TPSA) is 3.24 Å². The van der Waals surface area contributed by atoms with Crippen LogP contribution >= 0.6 is 0 Å². The van der Waals surface area contributed by atoms with Crippen LogP contribution in [0.4, 0.5) is 0 Å². The first-order valence-electron chi connectivity index (χ1n) is 7.67. The minimum atomic E-state index is 0.234. The summed E-state index contributed by atoms with van der Waals surface area (Å²) >= 11 is 0. The first kappa shape index (κ1) is 12.8. The molecule has 1 atom stereocenters. The predicted octanol–water partition coefficient (Wildman–Crippen LogP) is 4.35. The summed E-state index contributed by atoms with van der Waals surface area (Å²) < 4.78 is 0. The molecule has 1 aliphatic heterocycles. The third-order valence-corrected chi connectivity index (χ3v) is 5.27. The molecular weight excluding hydrogens is 230 g/mol. The summed E-state index contributed by atoms with van der Waals surface area (Å²) in [5.41, 5.74) is 3.22. The predicted molar refractivity (Wildman–Crippen MR) is 81.1 cm³/mol. The summed E-state index contributed by atoms with van der Waals surface area (Å²) in [6.45, 7) is 7.19. The average Bonchev–Trinajstić information content (AvgIpc) is 2.39. The molecule has 1 aromatic carbocycles. The van der Waals surface area contributed by atoms with E-state index in [1.807, 2.05) is 0 Å². The Bertz CT molecular complexity index is 458. The number of nitrogens with zero attached hydrogens (tertiary/aromatic N) is 1. The second kappa shape index (κ2) is 5.03. The summed E-state index contributed by atoms with van der Waals surface area (Å²) in [5.74, 6) is 0.963. The molecule has 3 rings (SSSR count). The van der Waals surface area contributed by atoms with Crippen LogP contribution in [-0.2, 0) is 5.41 Å². The lowest BCUT2D eigenvalue weighted by atomic mass is 9.72. The van der Waals surface area contributed by atoms with Crippen molar-refractivity contribution in [3.05, 3.63) is 47.7 Å². The maximum atomic E-state index is 2.56. The molecule has 1 fully saturated rings. The Kier molecular flexibility index (Phi) is 3.38. The van der Waals surface area contributed by atoms with E-state index in [0.29, 0.717) is 0 Å². The van der Waals surface area contributed by atoms with Gasteiger partial charge >= 0.3 is 0 Å². The summed E-state index contributed by atoms with van der Waals surface area (Å²) in [6, 6.07) is 11.0. The van der Waals surface area contributed by atoms with Crippen molar-refractivity contribution in [3.63, 3.8) is 0 Å². The van der Waals surface area contributed by atoms with Crippen molar-refractivity contribution < 1.29 is 0 Å². The van der Waals surface area contributed by atoms with Crippen molar-refractivity contribution in [3.8, 4) is 0 Å². The SMILES string of the molecule is CC1=CN(CC2CCC2)CCC1(C)c1ccccc1. The van der Waals surface area contributed by atoms with Crippen molar-refractivity contribution in [2.75, 3.05) is 13.1 Å². The second-order valence-corrected chi connectivity index (χ2v) is 6.55. The van der Waals surface area contributed by atoms with E-state index in [0.717, 1.165) is 5.92 Å². The summed E-state index contributed by atoms with van der Waals surface area (Å²) in [4.78, 5) is 2.56. The molecule has 1 unspecified atom stereocenters. The summed E-state index contributed by atoms with van der Waals surface area (Å²) in [5, 5.41) is 0. The van der Waals surface area contributed by atoms with Gasteiger partial charge in [-0.25, -0.2) is 0 Å². The number of hydrogen-bond donors (Lipinski definition) is 0. The zero-order valence-electron chi connectivity index (χ0n) is 12.2. The lowest BCUT2D eigenvalue weighted by Crippen LogP contribution is -2.39. The van der Waals surface area contributed by atoms with Crippen LogP contribution < -0.4 is 0 Å².